The highest BCUT2D eigenvalue weighted by atomic mass is 16.6. The Kier molecular flexibility index (Phi) is 14.5. The van der Waals surface area contributed by atoms with Crippen LogP contribution in [0.1, 0.15) is 65.4 Å². The average molecular weight is 1020 g/mol. The minimum absolute atomic E-state index is 0.0149. The van der Waals surface area contributed by atoms with Gasteiger partial charge in [0.25, 0.3) is 0 Å². The summed E-state index contributed by atoms with van der Waals surface area (Å²) in [4.78, 5) is 93.2. The first-order valence-electron chi connectivity index (χ1n) is 25.2. The Labute approximate surface area is 440 Å². The summed E-state index contributed by atoms with van der Waals surface area (Å²) in [6, 6.07) is 34.3. The maximum Gasteiger partial charge on any atom is 0.329 e. The number of rotatable bonds is 12. The van der Waals surface area contributed by atoms with Crippen LogP contribution < -0.4 is 24.6 Å². The van der Waals surface area contributed by atoms with Gasteiger partial charge in [-0.15, -0.1) is 0 Å². The molecule has 0 bridgehead atoms. The standard InChI is InChI=1S/C59H57N7O10/c1-37(2)48(54(69)74-4)62-58(72)65-46-27-20-39(17-16-38-18-23-43(73-3)24-19-38)36-45(46)59(56(65)71)47(53(68)63-30-32-64(33-31-63)57-60-28-11-29-61-57)50-55(70)76-51(41-14-9-6-10-15-41)49(40-12-7-5-8-13-40)66(50)52(59)42-21-25-44(26-22-42)75-35-34-67/h5-15,18-29,36-37,47-52,67H,30-35H2,1-4H3,(H,62,72)/t47-,48-,49-,50-,51+,52+,59-/m0/s1. The summed E-state index contributed by atoms with van der Waals surface area (Å²) in [5.74, 6) is 3.27. The number of benzene rings is 5. The van der Waals surface area contributed by atoms with Crippen molar-refractivity contribution in [1.29, 1.82) is 0 Å². The SMILES string of the molecule is COC(=O)[C@@H](NC(=O)N1C(=O)[C@@]2(c3cc(C#Cc4ccc(OC)cc4)ccc31)[C@H](C(=O)N1CCN(c3ncccn3)CC1)[C@H]1C(=O)O[C@H](c3ccccc3)[C@H](c3ccccc3)N1[C@@H]2c1ccc(OCCO)cc1)C(C)C. The molecule has 0 saturated carbocycles. The molecule has 4 aliphatic heterocycles. The van der Waals surface area contributed by atoms with Gasteiger partial charge in [0, 0.05) is 49.7 Å². The van der Waals surface area contributed by atoms with E-state index in [4.69, 9.17) is 18.9 Å². The van der Waals surface area contributed by atoms with E-state index >= 15 is 19.2 Å². The molecular formula is C59H57N7O10. The van der Waals surface area contributed by atoms with Crippen molar-refractivity contribution in [2.24, 2.45) is 11.8 Å². The third kappa shape index (κ3) is 9.24. The predicted octanol–water partition coefficient (Wildman–Crippen LogP) is 6.18. The number of imide groups is 1. The summed E-state index contributed by atoms with van der Waals surface area (Å²) in [7, 11) is 2.80. The largest absolute Gasteiger partial charge is 0.497 e. The molecule has 1 aromatic heterocycles. The van der Waals surface area contributed by atoms with E-state index in [1.165, 1.54) is 7.11 Å². The lowest BCUT2D eigenvalue weighted by Crippen LogP contribution is -2.60. The molecule has 17 heteroatoms. The third-order valence-corrected chi connectivity index (χ3v) is 14.8. The molecule has 5 heterocycles. The van der Waals surface area contributed by atoms with Crippen LogP contribution in [0.25, 0.3) is 0 Å². The number of aromatic nitrogens is 2. The lowest BCUT2D eigenvalue weighted by Gasteiger charge is -2.46. The Hall–Kier alpha value is -8.59. The van der Waals surface area contributed by atoms with Crippen molar-refractivity contribution in [2.45, 2.75) is 49.5 Å². The van der Waals surface area contributed by atoms with E-state index in [-0.39, 0.29) is 37.6 Å². The van der Waals surface area contributed by atoms with Gasteiger partial charge in [0.1, 0.15) is 41.7 Å². The fourth-order valence-corrected chi connectivity index (χ4v) is 11.3. The van der Waals surface area contributed by atoms with Crippen LogP contribution in [0, 0.1) is 23.7 Å². The molecule has 3 saturated heterocycles. The average Bonchev–Trinajstić information content (AvgIpc) is 3.93. The fraction of sp³-hybridized carbons (Fsp3) is 0.305. The summed E-state index contributed by atoms with van der Waals surface area (Å²) in [5, 5.41) is 12.5. The Morgan fingerprint density at radius 1 is 0.763 bits per heavy atom. The lowest BCUT2D eigenvalue weighted by molar-refractivity contribution is -0.179. The van der Waals surface area contributed by atoms with Crippen LogP contribution in [0.15, 0.2) is 146 Å². The Morgan fingerprint density at radius 3 is 2.03 bits per heavy atom. The van der Waals surface area contributed by atoms with E-state index in [1.54, 1.807) is 98.9 Å². The molecule has 7 atom stereocenters. The third-order valence-electron chi connectivity index (χ3n) is 14.8. The second kappa shape index (κ2) is 21.7. The van der Waals surface area contributed by atoms with Gasteiger partial charge in [-0.1, -0.05) is 98.5 Å². The van der Waals surface area contributed by atoms with Gasteiger partial charge in [-0.2, -0.15) is 0 Å². The summed E-state index contributed by atoms with van der Waals surface area (Å²) in [6.45, 7) is 4.29. The highest BCUT2D eigenvalue weighted by Gasteiger charge is 2.76. The highest BCUT2D eigenvalue weighted by molar-refractivity contribution is 6.25. The first kappa shape index (κ1) is 50.9. The van der Waals surface area contributed by atoms with Gasteiger partial charge >= 0.3 is 18.0 Å². The molecular weight excluding hydrogens is 967 g/mol. The number of cyclic esters (lactones) is 1. The molecule has 0 aliphatic carbocycles. The predicted molar refractivity (Wildman–Crippen MR) is 280 cm³/mol. The highest BCUT2D eigenvalue weighted by Crippen LogP contribution is 2.66. The van der Waals surface area contributed by atoms with Gasteiger partial charge in [-0.25, -0.2) is 24.5 Å². The number of amides is 4. The Bertz CT molecular complexity index is 3160. The minimum Gasteiger partial charge on any atom is -0.497 e. The zero-order valence-corrected chi connectivity index (χ0v) is 42.4. The molecule has 3 fully saturated rings. The first-order chi connectivity index (χ1) is 37.0. The number of carbonyl (C=O) groups excluding carboxylic acids is 5. The number of fused-ring (bicyclic) bond motifs is 3. The van der Waals surface area contributed by atoms with Crippen LogP contribution in [0.4, 0.5) is 16.4 Å². The van der Waals surface area contributed by atoms with Gasteiger partial charge in [0.15, 0.2) is 0 Å². The number of carbonyl (C=O) groups is 5. The van der Waals surface area contributed by atoms with Crippen molar-refractivity contribution in [2.75, 3.05) is 63.4 Å². The normalized spacial score (nSPS) is 22.2. The molecule has 2 N–H and O–H groups in total. The Balaban J connectivity index is 1.25. The molecule has 4 amide bonds. The molecule has 0 unspecified atom stereocenters. The molecule has 17 nitrogen and oxygen atoms in total. The number of ether oxygens (including phenoxy) is 4. The summed E-state index contributed by atoms with van der Waals surface area (Å²) in [6.07, 6.45) is 2.35. The van der Waals surface area contributed by atoms with E-state index in [1.807, 2.05) is 82.6 Å². The monoisotopic (exact) mass is 1020 g/mol. The van der Waals surface area contributed by atoms with Crippen LogP contribution >= 0.6 is 0 Å². The Morgan fingerprint density at radius 2 is 1.39 bits per heavy atom. The molecule has 6 aromatic rings. The molecule has 5 aromatic carbocycles. The quantitative estimate of drug-likeness (QED) is 0.104. The van der Waals surface area contributed by atoms with Crippen molar-refractivity contribution < 1.29 is 48.0 Å². The van der Waals surface area contributed by atoms with Crippen LogP contribution in [0.5, 0.6) is 11.5 Å². The van der Waals surface area contributed by atoms with Crippen LogP contribution in [0.3, 0.4) is 0 Å². The zero-order chi connectivity index (χ0) is 53.1. The smallest absolute Gasteiger partial charge is 0.329 e. The van der Waals surface area contributed by atoms with Crippen molar-refractivity contribution in [1.82, 2.24) is 25.1 Å². The number of aliphatic hydroxyl groups excluding tert-OH is 1. The van der Waals surface area contributed by atoms with Gasteiger partial charge in [-0.05, 0) is 88.8 Å². The second-order valence-corrected chi connectivity index (χ2v) is 19.3. The number of urea groups is 1. The van der Waals surface area contributed by atoms with E-state index in [0.29, 0.717) is 52.8 Å². The van der Waals surface area contributed by atoms with Crippen molar-refractivity contribution >= 4 is 41.4 Å². The van der Waals surface area contributed by atoms with E-state index in [9.17, 15) is 9.90 Å². The van der Waals surface area contributed by atoms with Crippen molar-refractivity contribution in [3.05, 3.63) is 179 Å². The molecule has 1 spiro atoms. The summed E-state index contributed by atoms with van der Waals surface area (Å²) >= 11 is 0. The molecule has 388 valence electrons. The van der Waals surface area contributed by atoms with E-state index in [2.05, 4.69) is 27.1 Å². The van der Waals surface area contributed by atoms with Crippen LogP contribution in [-0.4, -0.2) is 120 Å². The van der Waals surface area contributed by atoms with Gasteiger partial charge in [0.05, 0.1) is 44.5 Å². The number of nitrogens with one attached hydrogen (secondary N) is 1. The topological polar surface area (TPSA) is 193 Å². The van der Waals surface area contributed by atoms with Crippen molar-refractivity contribution in [3.63, 3.8) is 0 Å². The number of methoxy groups -OCH3 is 2. The number of aliphatic hydroxyl groups is 1. The minimum atomic E-state index is -2.10. The molecule has 4 aliphatic rings. The van der Waals surface area contributed by atoms with Crippen LogP contribution in [0.2, 0.25) is 0 Å². The number of anilines is 2. The maximum atomic E-state index is 16.9. The molecule has 0 radical (unpaired) electrons. The lowest BCUT2D eigenvalue weighted by atomic mass is 9.64. The molecule has 10 rings (SSSR count). The second-order valence-electron chi connectivity index (χ2n) is 19.3. The number of hydrogen-bond acceptors (Lipinski definition) is 14. The number of piperazine rings is 1. The first-order valence-corrected chi connectivity index (χ1v) is 25.2. The summed E-state index contributed by atoms with van der Waals surface area (Å²) < 4.78 is 23.1. The zero-order valence-electron chi connectivity index (χ0n) is 42.4. The number of nitrogens with zero attached hydrogens (tertiary/aromatic N) is 6. The van der Waals surface area contributed by atoms with E-state index < -0.39 is 77.3 Å². The van der Waals surface area contributed by atoms with Crippen molar-refractivity contribution in [3.8, 4) is 23.3 Å². The van der Waals surface area contributed by atoms with Gasteiger partial charge in [0.2, 0.25) is 17.8 Å². The van der Waals surface area contributed by atoms with Gasteiger partial charge < -0.3 is 39.2 Å². The molecule has 76 heavy (non-hydrogen) atoms. The summed E-state index contributed by atoms with van der Waals surface area (Å²) in [5.41, 5.74) is 1.33. The van der Waals surface area contributed by atoms with E-state index in [0.717, 1.165) is 10.5 Å². The van der Waals surface area contributed by atoms with Gasteiger partial charge in [-0.3, -0.25) is 19.3 Å². The fourth-order valence-electron chi connectivity index (χ4n) is 11.3. The number of esters is 2. The number of hydrogen-bond donors (Lipinski definition) is 2. The number of morpholine rings is 1. The maximum absolute atomic E-state index is 16.9. The van der Waals surface area contributed by atoms with Crippen LogP contribution in [-0.2, 0) is 34.1 Å².